The van der Waals surface area contributed by atoms with Crippen molar-refractivity contribution in [2.24, 2.45) is 5.92 Å². The summed E-state index contributed by atoms with van der Waals surface area (Å²) < 4.78 is 38.9. The lowest BCUT2D eigenvalue weighted by Gasteiger charge is -2.33. The molecule has 110 valence electrons. The van der Waals surface area contributed by atoms with Crippen molar-refractivity contribution in [2.45, 2.75) is 38.4 Å². The van der Waals surface area contributed by atoms with Crippen LogP contribution in [0.4, 0.5) is 24.5 Å². The van der Waals surface area contributed by atoms with Gasteiger partial charge in [-0.25, -0.2) is 0 Å². The predicted molar refractivity (Wildman–Crippen MR) is 68.5 cm³/mol. The van der Waals surface area contributed by atoms with Gasteiger partial charge in [-0.2, -0.15) is 13.2 Å². The Bertz CT molecular complexity index is 513. The first-order chi connectivity index (χ1) is 9.29. The first-order valence-electron chi connectivity index (χ1n) is 6.41. The minimum absolute atomic E-state index is 0.0775. The molecule has 1 aliphatic rings. The van der Waals surface area contributed by atoms with Crippen molar-refractivity contribution in [3.63, 3.8) is 0 Å². The molecule has 0 spiro atoms. The summed E-state index contributed by atoms with van der Waals surface area (Å²) in [7, 11) is 0. The third-order valence-electron chi connectivity index (χ3n) is 3.76. The molecule has 1 N–H and O–H groups in total. The first kappa shape index (κ1) is 14.6. The van der Waals surface area contributed by atoms with Gasteiger partial charge in [-0.15, -0.1) is 0 Å². The monoisotopic (exact) mass is 288 g/mol. The van der Waals surface area contributed by atoms with Gasteiger partial charge in [0.15, 0.2) is 0 Å². The fourth-order valence-corrected chi connectivity index (χ4v) is 2.31. The van der Waals surface area contributed by atoms with E-state index in [-0.39, 0.29) is 11.7 Å². The minimum atomic E-state index is -4.62. The average molecular weight is 288 g/mol. The third-order valence-corrected chi connectivity index (χ3v) is 3.76. The van der Waals surface area contributed by atoms with Crippen LogP contribution in [0.25, 0.3) is 0 Å². The number of nitro benzene ring substituents is 1. The number of hydrogen-bond acceptors (Lipinski definition) is 3. The van der Waals surface area contributed by atoms with Gasteiger partial charge < -0.3 is 5.32 Å². The van der Waals surface area contributed by atoms with E-state index >= 15 is 0 Å². The lowest BCUT2D eigenvalue weighted by Crippen LogP contribution is -2.31. The fraction of sp³-hybridized carbons (Fsp3) is 0.538. The highest BCUT2D eigenvalue weighted by atomic mass is 19.4. The van der Waals surface area contributed by atoms with Gasteiger partial charge >= 0.3 is 6.18 Å². The summed E-state index contributed by atoms with van der Waals surface area (Å²) in [6, 6.07) is 2.73. The molecule has 0 bridgehead atoms. The molecule has 1 fully saturated rings. The number of nitrogens with one attached hydrogen (secondary N) is 1. The number of anilines is 1. The molecular weight excluding hydrogens is 273 g/mol. The Balaban J connectivity index is 2.28. The van der Waals surface area contributed by atoms with Crippen LogP contribution in [0.3, 0.4) is 0 Å². The molecule has 0 radical (unpaired) electrons. The van der Waals surface area contributed by atoms with E-state index in [9.17, 15) is 23.3 Å². The van der Waals surface area contributed by atoms with Crippen molar-refractivity contribution < 1.29 is 18.1 Å². The molecule has 1 aliphatic carbocycles. The molecule has 20 heavy (non-hydrogen) atoms. The number of halogens is 3. The number of nitrogens with zero attached hydrogens (tertiary/aromatic N) is 1. The molecule has 0 aromatic heterocycles. The summed E-state index contributed by atoms with van der Waals surface area (Å²) in [5.41, 5.74) is -1.64. The molecule has 2 rings (SSSR count). The molecule has 1 unspecified atom stereocenters. The smallest absolute Gasteiger partial charge is 0.382 e. The normalized spacial score (nSPS) is 17.4. The second-order valence-corrected chi connectivity index (χ2v) is 5.11. The summed E-state index contributed by atoms with van der Waals surface area (Å²) in [5, 5.41) is 13.4. The van der Waals surface area contributed by atoms with Gasteiger partial charge in [0.2, 0.25) is 0 Å². The Morgan fingerprint density at radius 1 is 1.40 bits per heavy atom. The average Bonchev–Trinajstić information content (AvgIpc) is 2.24. The van der Waals surface area contributed by atoms with Gasteiger partial charge in [-0.05, 0) is 31.7 Å². The molecule has 4 nitrogen and oxygen atoms in total. The van der Waals surface area contributed by atoms with Gasteiger partial charge in [0.05, 0.1) is 10.5 Å². The summed E-state index contributed by atoms with van der Waals surface area (Å²) >= 11 is 0. The Morgan fingerprint density at radius 2 is 2.05 bits per heavy atom. The van der Waals surface area contributed by atoms with Crippen molar-refractivity contribution in [1.29, 1.82) is 0 Å². The van der Waals surface area contributed by atoms with Crippen LogP contribution in [0.15, 0.2) is 18.2 Å². The molecule has 0 amide bonds. The van der Waals surface area contributed by atoms with Gasteiger partial charge in [0.25, 0.3) is 5.69 Å². The van der Waals surface area contributed by atoms with Crippen molar-refractivity contribution >= 4 is 11.4 Å². The van der Waals surface area contributed by atoms with Crippen LogP contribution in [-0.4, -0.2) is 11.0 Å². The molecule has 0 aliphatic heterocycles. The van der Waals surface area contributed by atoms with Crippen molar-refractivity contribution in [2.75, 3.05) is 5.32 Å². The van der Waals surface area contributed by atoms with Gasteiger partial charge in [-0.1, -0.05) is 6.42 Å². The second-order valence-electron chi connectivity index (χ2n) is 5.11. The molecule has 1 aromatic rings. The quantitative estimate of drug-likeness (QED) is 0.667. The maximum absolute atomic E-state index is 13.0. The lowest BCUT2D eigenvalue weighted by molar-refractivity contribution is -0.385. The highest BCUT2D eigenvalue weighted by Gasteiger charge is 2.36. The molecular formula is C13H15F3N2O2. The first-order valence-corrected chi connectivity index (χ1v) is 6.41. The predicted octanol–water partition coefficient (Wildman–Crippen LogP) is 4.21. The number of non-ortho nitro benzene ring substituents is 1. The Kier molecular flexibility index (Phi) is 3.87. The second kappa shape index (κ2) is 5.30. The van der Waals surface area contributed by atoms with Crippen molar-refractivity contribution in [3.05, 3.63) is 33.9 Å². The number of nitro groups is 1. The number of rotatable bonds is 4. The summed E-state index contributed by atoms with van der Waals surface area (Å²) in [6.45, 7) is 1.84. The van der Waals surface area contributed by atoms with E-state index in [1.165, 1.54) is 0 Å². The van der Waals surface area contributed by atoms with Crippen LogP contribution in [0.2, 0.25) is 0 Å². The van der Waals surface area contributed by atoms with Crippen LogP contribution in [-0.2, 0) is 6.18 Å². The van der Waals surface area contributed by atoms with Crippen LogP contribution < -0.4 is 5.32 Å². The highest BCUT2D eigenvalue weighted by Crippen LogP contribution is 2.38. The molecule has 1 atom stereocenters. The maximum Gasteiger partial charge on any atom is 0.418 e. The Labute approximate surface area is 114 Å². The SMILES string of the molecule is CC(Nc1ccc([N+](=O)[O-])cc1C(F)(F)F)C1CCC1. The van der Waals surface area contributed by atoms with Crippen LogP contribution >= 0.6 is 0 Å². The van der Waals surface area contributed by atoms with E-state index in [0.29, 0.717) is 12.0 Å². The molecule has 7 heteroatoms. The zero-order valence-corrected chi connectivity index (χ0v) is 10.9. The van der Waals surface area contributed by atoms with Gasteiger partial charge in [-0.3, -0.25) is 10.1 Å². The fourth-order valence-electron chi connectivity index (χ4n) is 2.31. The van der Waals surface area contributed by atoms with Gasteiger partial charge in [0, 0.05) is 23.9 Å². The van der Waals surface area contributed by atoms with Gasteiger partial charge in [0.1, 0.15) is 0 Å². The van der Waals surface area contributed by atoms with E-state index in [0.717, 1.165) is 31.4 Å². The molecule has 0 heterocycles. The van der Waals surface area contributed by atoms with E-state index in [2.05, 4.69) is 5.32 Å². The zero-order valence-electron chi connectivity index (χ0n) is 10.9. The topological polar surface area (TPSA) is 55.2 Å². The Hall–Kier alpha value is -1.79. The van der Waals surface area contributed by atoms with Crippen LogP contribution in [0, 0.1) is 16.0 Å². The minimum Gasteiger partial charge on any atom is -0.382 e. The van der Waals surface area contributed by atoms with E-state index in [1.807, 2.05) is 6.92 Å². The Morgan fingerprint density at radius 3 is 2.50 bits per heavy atom. The summed E-state index contributed by atoms with van der Waals surface area (Å²) in [5.74, 6) is 0.367. The largest absolute Gasteiger partial charge is 0.418 e. The molecule has 0 saturated heterocycles. The summed E-state index contributed by atoms with van der Waals surface area (Å²) in [4.78, 5) is 9.77. The highest BCUT2D eigenvalue weighted by molar-refractivity contribution is 5.57. The van der Waals surface area contributed by atoms with E-state index in [1.54, 1.807) is 0 Å². The number of hydrogen-bond donors (Lipinski definition) is 1. The standard InChI is InChI=1S/C13H15F3N2O2/c1-8(9-3-2-4-9)17-12-6-5-10(18(19)20)7-11(12)13(14,15)16/h5-9,17H,2-4H2,1H3. The number of benzene rings is 1. The van der Waals surface area contributed by atoms with Crippen molar-refractivity contribution in [3.8, 4) is 0 Å². The lowest BCUT2D eigenvalue weighted by atomic mass is 9.80. The van der Waals surface area contributed by atoms with E-state index < -0.39 is 22.4 Å². The molecule has 1 aromatic carbocycles. The zero-order chi connectivity index (χ0) is 14.9. The molecule has 1 saturated carbocycles. The summed E-state index contributed by atoms with van der Waals surface area (Å²) in [6.07, 6.45) is -1.51. The third kappa shape index (κ3) is 3.02. The number of alkyl halides is 3. The maximum atomic E-state index is 13.0. The van der Waals surface area contributed by atoms with Crippen LogP contribution in [0.5, 0.6) is 0 Å². The van der Waals surface area contributed by atoms with E-state index in [4.69, 9.17) is 0 Å². The van der Waals surface area contributed by atoms with Crippen molar-refractivity contribution in [1.82, 2.24) is 0 Å². The van der Waals surface area contributed by atoms with Crippen LogP contribution in [0.1, 0.15) is 31.7 Å².